The van der Waals surface area contributed by atoms with Crippen molar-refractivity contribution in [3.8, 4) is 0 Å². The van der Waals surface area contributed by atoms with Crippen LogP contribution in [-0.2, 0) is 16.0 Å². The topological polar surface area (TPSA) is 30.5 Å². The van der Waals surface area contributed by atoms with E-state index in [0.29, 0.717) is 30.3 Å². The van der Waals surface area contributed by atoms with Crippen LogP contribution in [0.2, 0.25) is 5.02 Å². The third kappa shape index (κ3) is 5.02. The minimum absolute atomic E-state index is 0.264. The van der Waals surface area contributed by atoms with E-state index in [1.54, 1.807) is 12.1 Å². The van der Waals surface area contributed by atoms with Crippen molar-refractivity contribution in [2.45, 2.75) is 31.9 Å². The van der Waals surface area contributed by atoms with Crippen molar-refractivity contribution in [1.82, 2.24) is 5.32 Å². The van der Waals surface area contributed by atoms with Gasteiger partial charge in [-0.15, -0.1) is 0 Å². The fourth-order valence-electron chi connectivity index (χ4n) is 2.20. The van der Waals surface area contributed by atoms with Gasteiger partial charge < -0.3 is 14.8 Å². The van der Waals surface area contributed by atoms with Crippen LogP contribution in [0.3, 0.4) is 0 Å². The van der Waals surface area contributed by atoms with Crippen molar-refractivity contribution in [3.05, 3.63) is 34.6 Å². The summed E-state index contributed by atoms with van der Waals surface area (Å²) in [5.74, 6) is -0.264. The number of hydrogen-bond donors (Lipinski definition) is 1. The highest BCUT2D eigenvalue weighted by atomic mass is 35.5. The van der Waals surface area contributed by atoms with E-state index in [9.17, 15) is 4.39 Å². The Morgan fingerprint density at radius 3 is 3.10 bits per heavy atom. The zero-order chi connectivity index (χ0) is 14.2. The van der Waals surface area contributed by atoms with Gasteiger partial charge in [-0.1, -0.05) is 17.7 Å². The maximum atomic E-state index is 13.5. The Bertz CT molecular complexity index is 391. The average Bonchev–Trinajstić information content (AvgIpc) is 2.93. The molecule has 2 rings (SSSR count). The maximum absolute atomic E-state index is 13.5. The molecule has 1 heterocycles. The summed E-state index contributed by atoms with van der Waals surface area (Å²) in [5.41, 5.74) is 0.523. The summed E-state index contributed by atoms with van der Waals surface area (Å²) in [6, 6.07) is 4.74. The molecule has 1 saturated heterocycles. The first-order chi connectivity index (χ1) is 9.77. The van der Waals surface area contributed by atoms with Gasteiger partial charge in [-0.2, -0.15) is 0 Å². The van der Waals surface area contributed by atoms with Gasteiger partial charge in [0.1, 0.15) is 5.82 Å². The molecule has 0 bridgehead atoms. The molecule has 1 aliphatic heterocycles. The number of rotatable bonds is 8. The Labute approximate surface area is 124 Å². The second kappa shape index (κ2) is 8.57. The molecule has 0 amide bonds. The smallest absolute Gasteiger partial charge is 0.129 e. The lowest BCUT2D eigenvalue weighted by Gasteiger charge is -2.10. The van der Waals surface area contributed by atoms with E-state index in [4.69, 9.17) is 21.1 Å². The van der Waals surface area contributed by atoms with Crippen molar-refractivity contribution in [2.75, 3.05) is 26.4 Å². The Hall–Kier alpha value is -0.680. The van der Waals surface area contributed by atoms with Crippen LogP contribution >= 0.6 is 11.6 Å². The molecule has 112 valence electrons. The van der Waals surface area contributed by atoms with Crippen molar-refractivity contribution in [3.63, 3.8) is 0 Å². The van der Waals surface area contributed by atoms with Crippen LogP contribution in [0.5, 0.6) is 0 Å². The highest BCUT2D eigenvalue weighted by molar-refractivity contribution is 6.31. The second-order valence-corrected chi connectivity index (χ2v) is 5.35. The van der Waals surface area contributed by atoms with Crippen LogP contribution in [0.25, 0.3) is 0 Å². The number of hydrogen-bond acceptors (Lipinski definition) is 3. The lowest BCUT2D eigenvalue weighted by Crippen LogP contribution is -2.19. The van der Waals surface area contributed by atoms with E-state index in [1.807, 2.05) is 0 Å². The fourth-order valence-corrected chi connectivity index (χ4v) is 2.43. The van der Waals surface area contributed by atoms with E-state index in [-0.39, 0.29) is 11.9 Å². The van der Waals surface area contributed by atoms with E-state index in [0.717, 1.165) is 32.4 Å². The van der Waals surface area contributed by atoms with Crippen molar-refractivity contribution >= 4 is 11.6 Å². The highest BCUT2D eigenvalue weighted by Gasteiger charge is 2.14. The van der Waals surface area contributed by atoms with E-state index < -0.39 is 0 Å². The third-order valence-electron chi connectivity index (χ3n) is 3.33. The Balaban J connectivity index is 1.53. The molecule has 1 aromatic carbocycles. The summed E-state index contributed by atoms with van der Waals surface area (Å²) < 4.78 is 24.5. The minimum Gasteiger partial charge on any atom is -0.379 e. The second-order valence-electron chi connectivity index (χ2n) is 4.94. The average molecular weight is 302 g/mol. The van der Waals surface area contributed by atoms with Gasteiger partial charge in [-0.3, -0.25) is 0 Å². The van der Waals surface area contributed by atoms with Crippen molar-refractivity contribution in [2.24, 2.45) is 0 Å². The highest BCUT2D eigenvalue weighted by Crippen LogP contribution is 2.18. The standard InChI is InChI=1S/C15H21ClFNO2/c16-14-5-1-6-15(17)13(14)10-18-7-3-8-19-11-12-4-2-9-20-12/h1,5-6,12,18H,2-4,7-11H2. The minimum atomic E-state index is -0.264. The van der Waals surface area contributed by atoms with Crippen LogP contribution in [0.15, 0.2) is 18.2 Å². The van der Waals surface area contributed by atoms with Crippen molar-refractivity contribution < 1.29 is 13.9 Å². The molecule has 1 unspecified atom stereocenters. The zero-order valence-corrected chi connectivity index (χ0v) is 12.3. The van der Waals surface area contributed by atoms with Crippen LogP contribution in [0, 0.1) is 5.82 Å². The molecule has 1 fully saturated rings. The summed E-state index contributed by atoms with van der Waals surface area (Å²) in [6.07, 6.45) is 3.40. The molecule has 0 spiro atoms. The van der Waals surface area contributed by atoms with Gasteiger partial charge in [0, 0.05) is 30.3 Å². The quantitative estimate of drug-likeness (QED) is 0.748. The molecule has 20 heavy (non-hydrogen) atoms. The van der Waals surface area contributed by atoms with Gasteiger partial charge in [0.25, 0.3) is 0 Å². The number of benzene rings is 1. The predicted octanol–water partition coefficient (Wildman–Crippen LogP) is 3.15. The molecule has 1 N–H and O–H groups in total. The molecular weight excluding hydrogens is 281 g/mol. The van der Waals surface area contributed by atoms with Gasteiger partial charge in [0.2, 0.25) is 0 Å². The molecule has 0 aromatic heterocycles. The summed E-state index contributed by atoms with van der Waals surface area (Å²) >= 11 is 5.95. The first-order valence-electron chi connectivity index (χ1n) is 7.10. The van der Waals surface area contributed by atoms with Gasteiger partial charge in [-0.05, 0) is 37.9 Å². The first kappa shape index (κ1) is 15.7. The Morgan fingerprint density at radius 1 is 1.45 bits per heavy atom. The third-order valence-corrected chi connectivity index (χ3v) is 3.69. The van der Waals surface area contributed by atoms with Gasteiger partial charge in [0.05, 0.1) is 12.7 Å². The predicted molar refractivity (Wildman–Crippen MR) is 77.5 cm³/mol. The molecule has 1 atom stereocenters. The molecule has 0 radical (unpaired) electrons. The monoisotopic (exact) mass is 301 g/mol. The van der Waals surface area contributed by atoms with Crippen LogP contribution in [0.1, 0.15) is 24.8 Å². The lowest BCUT2D eigenvalue weighted by molar-refractivity contribution is 0.0166. The first-order valence-corrected chi connectivity index (χ1v) is 7.48. The molecule has 1 aliphatic rings. The van der Waals surface area contributed by atoms with Gasteiger partial charge in [0.15, 0.2) is 0 Å². The number of ether oxygens (including phenoxy) is 2. The fraction of sp³-hybridized carbons (Fsp3) is 0.600. The van der Waals surface area contributed by atoms with Crippen molar-refractivity contribution in [1.29, 1.82) is 0 Å². The van der Waals surface area contributed by atoms with Gasteiger partial charge in [-0.25, -0.2) is 4.39 Å². The number of halogens is 2. The van der Waals surface area contributed by atoms with E-state index >= 15 is 0 Å². The Kier molecular flexibility index (Phi) is 6.73. The summed E-state index contributed by atoms with van der Waals surface area (Å²) in [6.45, 7) is 3.45. The zero-order valence-electron chi connectivity index (χ0n) is 11.5. The summed E-state index contributed by atoms with van der Waals surface area (Å²) in [4.78, 5) is 0. The SMILES string of the molecule is Fc1cccc(Cl)c1CNCCCOCC1CCCO1. The molecule has 0 aliphatic carbocycles. The van der Waals surface area contributed by atoms with Crippen LogP contribution < -0.4 is 5.32 Å². The van der Waals surface area contributed by atoms with Crippen LogP contribution in [-0.4, -0.2) is 32.5 Å². The Morgan fingerprint density at radius 2 is 2.35 bits per heavy atom. The summed E-state index contributed by atoms with van der Waals surface area (Å²) in [5, 5.41) is 3.64. The van der Waals surface area contributed by atoms with Crippen LogP contribution in [0.4, 0.5) is 4.39 Å². The van der Waals surface area contributed by atoms with Gasteiger partial charge >= 0.3 is 0 Å². The van der Waals surface area contributed by atoms with E-state index in [1.165, 1.54) is 6.07 Å². The largest absolute Gasteiger partial charge is 0.379 e. The molecule has 3 nitrogen and oxygen atoms in total. The molecular formula is C15H21ClFNO2. The number of nitrogens with one attached hydrogen (secondary N) is 1. The molecule has 0 saturated carbocycles. The maximum Gasteiger partial charge on any atom is 0.129 e. The lowest BCUT2D eigenvalue weighted by atomic mass is 10.2. The molecule has 5 heteroatoms. The summed E-state index contributed by atoms with van der Waals surface area (Å²) in [7, 11) is 0. The normalized spacial score (nSPS) is 18.6. The van der Waals surface area contributed by atoms with E-state index in [2.05, 4.69) is 5.32 Å². The molecule has 1 aromatic rings.